The van der Waals surface area contributed by atoms with Crippen LogP contribution in [0, 0.1) is 5.41 Å². The Balaban J connectivity index is 1.95. The van der Waals surface area contributed by atoms with Gasteiger partial charge in [0.25, 0.3) is 0 Å². The lowest BCUT2D eigenvalue weighted by molar-refractivity contribution is 0.0884. The number of nitrogens with one attached hydrogen (secondary N) is 1. The number of hydrogen-bond donors (Lipinski definition) is 1. The zero-order chi connectivity index (χ0) is 15.7. The van der Waals surface area contributed by atoms with Crippen molar-refractivity contribution in [2.75, 3.05) is 7.05 Å². The zero-order valence-electron chi connectivity index (χ0n) is 14.5. The van der Waals surface area contributed by atoms with Crippen LogP contribution in [0.5, 0.6) is 5.75 Å². The van der Waals surface area contributed by atoms with Crippen molar-refractivity contribution < 1.29 is 4.74 Å². The van der Waals surface area contributed by atoms with E-state index in [1.54, 1.807) is 0 Å². The molecule has 1 fully saturated rings. The Hall–Kier alpha value is -1.02. The zero-order valence-corrected chi connectivity index (χ0v) is 14.5. The van der Waals surface area contributed by atoms with E-state index in [2.05, 4.69) is 64.2 Å². The normalized spacial score (nSPS) is 22.8. The summed E-state index contributed by atoms with van der Waals surface area (Å²) in [5, 5.41) is 3.29. The Kier molecular flexibility index (Phi) is 4.67. The van der Waals surface area contributed by atoms with E-state index in [1.165, 1.54) is 12.0 Å². The third-order valence-corrected chi connectivity index (χ3v) is 4.41. The second kappa shape index (κ2) is 6.00. The molecule has 2 nitrogen and oxygen atoms in total. The van der Waals surface area contributed by atoms with Crippen molar-refractivity contribution in [3.05, 3.63) is 29.8 Å². The largest absolute Gasteiger partial charge is 0.490 e. The predicted octanol–water partition coefficient (Wildman–Crippen LogP) is 4.53. The summed E-state index contributed by atoms with van der Waals surface area (Å²) in [6, 6.07) is 9.36. The van der Waals surface area contributed by atoms with E-state index in [9.17, 15) is 0 Å². The van der Waals surface area contributed by atoms with Crippen molar-refractivity contribution >= 4 is 0 Å². The number of rotatable bonds is 5. The van der Waals surface area contributed by atoms with Gasteiger partial charge < -0.3 is 10.1 Å². The summed E-state index contributed by atoms with van der Waals surface area (Å²) < 4.78 is 6.01. The second-order valence-corrected chi connectivity index (χ2v) is 8.34. The van der Waals surface area contributed by atoms with Gasteiger partial charge in [-0.25, -0.2) is 0 Å². The first-order chi connectivity index (χ1) is 9.69. The van der Waals surface area contributed by atoms with E-state index in [1.807, 2.05) is 7.05 Å². The fourth-order valence-electron chi connectivity index (χ4n) is 3.50. The summed E-state index contributed by atoms with van der Waals surface area (Å²) in [5.74, 6) is 1.00. The molecule has 1 aromatic rings. The molecule has 0 atom stereocenters. The van der Waals surface area contributed by atoms with Gasteiger partial charge in [-0.3, -0.25) is 0 Å². The van der Waals surface area contributed by atoms with E-state index in [-0.39, 0.29) is 5.41 Å². The lowest BCUT2D eigenvalue weighted by Gasteiger charge is -2.35. The maximum absolute atomic E-state index is 6.01. The molecule has 0 aromatic heterocycles. The molecule has 1 aliphatic rings. The van der Waals surface area contributed by atoms with Crippen molar-refractivity contribution in [2.24, 2.45) is 5.41 Å². The van der Waals surface area contributed by atoms with Gasteiger partial charge in [-0.15, -0.1) is 0 Å². The lowest BCUT2D eigenvalue weighted by Crippen LogP contribution is -2.45. The summed E-state index contributed by atoms with van der Waals surface area (Å²) in [6.45, 7) is 11.6. The fraction of sp³-hybridized carbons (Fsp3) is 0.684. The van der Waals surface area contributed by atoms with Crippen LogP contribution in [0.25, 0.3) is 0 Å². The van der Waals surface area contributed by atoms with Crippen molar-refractivity contribution in [1.29, 1.82) is 0 Å². The molecule has 21 heavy (non-hydrogen) atoms. The van der Waals surface area contributed by atoms with Crippen LogP contribution >= 0.6 is 0 Å². The van der Waals surface area contributed by atoms with Gasteiger partial charge >= 0.3 is 0 Å². The topological polar surface area (TPSA) is 21.3 Å². The molecule has 2 rings (SSSR count). The molecular weight excluding hydrogens is 258 g/mol. The maximum Gasteiger partial charge on any atom is 0.119 e. The van der Waals surface area contributed by atoms with Gasteiger partial charge in [-0.05, 0) is 54.8 Å². The van der Waals surface area contributed by atoms with E-state index >= 15 is 0 Å². The Labute approximate surface area is 130 Å². The average molecular weight is 289 g/mol. The molecule has 0 spiro atoms. The highest BCUT2D eigenvalue weighted by molar-refractivity contribution is 5.32. The molecule has 1 N–H and O–H groups in total. The lowest BCUT2D eigenvalue weighted by atomic mass is 9.72. The summed E-state index contributed by atoms with van der Waals surface area (Å²) in [5.41, 5.74) is 1.93. The molecule has 0 unspecified atom stereocenters. The number of benzene rings is 1. The molecule has 1 saturated carbocycles. The Morgan fingerprint density at radius 1 is 1.05 bits per heavy atom. The molecule has 118 valence electrons. The van der Waals surface area contributed by atoms with E-state index in [4.69, 9.17) is 4.74 Å². The Bertz CT molecular complexity index is 449. The van der Waals surface area contributed by atoms with Crippen LogP contribution in [0.2, 0.25) is 0 Å². The minimum atomic E-state index is 0.199. The molecule has 2 heteroatoms. The van der Waals surface area contributed by atoms with Gasteiger partial charge in [-0.2, -0.15) is 0 Å². The molecule has 0 amide bonds. The average Bonchev–Trinajstić information content (AvgIpc) is 2.31. The van der Waals surface area contributed by atoms with E-state index in [0.717, 1.165) is 18.6 Å². The second-order valence-electron chi connectivity index (χ2n) is 8.34. The van der Waals surface area contributed by atoms with Crippen molar-refractivity contribution in [3.63, 3.8) is 0 Å². The summed E-state index contributed by atoms with van der Waals surface area (Å²) in [4.78, 5) is 0. The third-order valence-electron chi connectivity index (χ3n) is 4.41. The summed E-state index contributed by atoms with van der Waals surface area (Å²) in [6.07, 6.45) is 3.80. The summed E-state index contributed by atoms with van der Waals surface area (Å²) in [7, 11) is 2.02. The van der Waals surface area contributed by atoms with E-state index < -0.39 is 0 Å². The first-order valence-electron chi connectivity index (χ1n) is 8.14. The molecule has 0 bridgehead atoms. The van der Waals surface area contributed by atoms with Gasteiger partial charge in [0.05, 0.1) is 0 Å². The van der Waals surface area contributed by atoms with Crippen molar-refractivity contribution in [3.8, 4) is 5.75 Å². The Morgan fingerprint density at radius 2 is 1.62 bits per heavy atom. The van der Waals surface area contributed by atoms with Gasteiger partial charge in [0.1, 0.15) is 11.9 Å². The van der Waals surface area contributed by atoms with Crippen molar-refractivity contribution in [1.82, 2.24) is 5.32 Å². The summed E-state index contributed by atoms with van der Waals surface area (Å²) >= 11 is 0. The SMILES string of the molecule is CNC1CC(Oc2ccc(C(C)(C)CC(C)(C)C)cc2)C1. The van der Waals surface area contributed by atoms with Crippen LogP contribution in [-0.4, -0.2) is 19.2 Å². The molecule has 1 aromatic carbocycles. The Morgan fingerprint density at radius 3 is 2.10 bits per heavy atom. The smallest absolute Gasteiger partial charge is 0.119 e. The third kappa shape index (κ3) is 4.47. The van der Waals surface area contributed by atoms with Gasteiger partial charge in [0.15, 0.2) is 0 Å². The highest BCUT2D eigenvalue weighted by atomic mass is 16.5. The molecule has 0 saturated heterocycles. The maximum atomic E-state index is 6.01. The minimum absolute atomic E-state index is 0.199. The van der Waals surface area contributed by atoms with Gasteiger partial charge in [0.2, 0.25) is 0 Å². The van der Waals surface area contributed by atoms with Crippen LogP contribution in [0.4, 0.5) is 0 Å². The van der Waals surface area contributed by atoms with Crippen LogP contribution < -0.4 is 10.1 Å². The predicted molar refractivity (Wildman–Crippen MR) is 90.0 cm³/mol. The highest BCUT2D eigenvalue weighted by Gasteiger charge is 2.30. The van der Waals surface area contributed by atoms with Gasteiger partial charge in [0, 0.05) is 6.04 Å². The first kappa shape index (κ1) is 16.4. The molecule has 0 aliphatic heterocycles. The number of ether oxygens (including phenoxy) is 1. The quantitative estimate of drug-likeness (QED) is 0.860. The molecule has 0 heterocycles. The standard InChI is InChI=1S/C19H31NO/c1-18(2,3)13-19(4,5)14-7-9-16(10-8-14)21-17-11-15(12-17)20-6/h7-10,15,17,20H,11-13H2,1-6H3. The van der Waals surface area contributed by atoms with Crippen LogP contribution in [0.1, 0.15) is 59.4 Å². The minimum Gasteiger partial charge on any atom is -0.490 e. The van der Waals surface area contributed by atoms with Crippen LogP contribution in [0.15, 0.2) is 24.3 Å². The molecular formula is C19H31NO. The van der Waals surface area contributed by atoms with Crippen LogP contribution in [0.3, 0.4) is 0 Å². The fourth-order valence-corrected chi connectivity index (χ4v) is 3.50. The van der Waals surface area contributed by atoms with E-state index in [0.29, 0.717) is 17.6 Å². The van der Waals surface area contributed by atoms with Crippen molar-refractivity contribution in [2.45, 2.75) is 71.4 Å². The first-order valence-corrected chi connectivity index (χ1v) is 8.14. The molecule has 1 aliphatic carbocycles. The highest BCUT2D eigenvalue weighted by Crippen LogP contribution is 2.37. The van der Waals surface area contributed by atoms with Crippen LogP contribution in [-0.2, 0) is 5.41 Å². The monoisotopic (exact) mass is 289 g/mol. The number of hydrogen-bond acceptors (Lipinski definition) is 2. The molecule has 0 radical (unpaired) electrons. The van der Waals surface area contributed by atoms with Gasteiger partial charge in [-0.1, -0.05) is 46.8 Å².